The van der Waals surface area contributed by atoms with Crippen molar-refractivity contribution in [2.75, 3.05) is 0 Å². The number of aryl methyl sites for hydroxylation is 3. The summed E-state index contributed by atoms with van der Waals surface area (Å²) in [5.41, 5.74) is 4.20. The minimum Gasteiger partial charge on any atom is -0.304 e. The number of hydrogen-bond acceptors (Lipinski definition) is 2. The number of rotatable bonds is 5. The van der Waals surface area contributed by atoms with Crippen molar-refractivity contribution in [1.82, 2.24) is 5.32 Å². The molecule has 0 spiro atoms. The molecule has 0 aliphatic carbocycles. The van der Waals surface area contributed by atoms with E-state index in [1.54, 1.807) is 0 Å². The molecule has 2 atom stereocenters. The van der Waals surface area contributed by atoms with Gasteiger partial charge in [0, 0.05) is 21.8 Å². The van der Waals surface area contributed by atoms with Gasteiger partial charge in [0.1, 0.15) is 0 Å². The zero-order chi connectivity index (χ0) is 14.7. The molecule has 1 aromatic heterocycles. The van der Waals surface area contributed by atoms with Gasteiger partial charge in [-0.1, -0.05) is 31.2 Å². The van der Waals surface area contributed by atoms with Crippen molar-refractivity contribution in [3.8, 4) is 0 Å². The lowest BCUT2D eigenvalue weighted by molar-refractivity contribution is 0.494. The van der Waals surface area contributed by atoms with Crippen LogP contribution in [0.1, 0.15) is 59.3 Å². The number of thiophene rings is 1. The molecule has 0 fully saturated rings. The van der Waals surface area contributed by atoms with Crippen LogP contribution < -0.4 is 5.32 Å². The molecule has 1 aromatic carbocycles. The van der Waals surface area contributed by atoms with Crippen LogP contribution in [-0.2, 0) is 6.42 Å². The van der Waals surface area contributed by atoms with E-state index in [9.17, 15) is 0 Å². The second-order valence-corrected chi connectivity index (χ2v) is 7.03. The second-order valence-electron chi connectivity index (χ2n) is 5.57. The fourth-order valence-corrected chi connectivity index (χ4v) is 3.71. The van der Waals surface area contributed by atoms with E-state index in [1.165, 1.54) is 26.4 Å². The third-order valence-electron chi connectivity index (χ3n) is 3.93. The van der Waals surface area contributed by atoms with Crippen LogP contribution in [0.3, 0.4) is 0 Å². The average Bonchev–Trinajstić information content (AvgIpc) is 2.78. The first kappa shape index (κ1) is 15.3. The van der Waals surface area contributed by atoms with Crippen molar-refractivity contribution >= 4 is 11.3 Å². The van der Waals surface area contributed by atoms with Gasteiger partial charge in [0.05, 0.1) is 0 Å². The Bertz CT molecular complexity index is 553. The van der Waals surface area contributed by atoms with E-state index in [4.69, 9.17) is 0 Å². The predicted molar refractivity (Wildman–Crippen MR) is 89.6 cm³/mol. The topological polar surface area (TPSA) is 12.0 Å². The summed E-state index contributed by atoms with van der Waals surface area (Å²) < 4.78 is 0. The summed E-state index contributed by atoms with van der Waals surface area (Å²) in [5.74, 6) is 0. The molecule has 0 saturated carbocycles. The maximum atomic E-state index is 3.71. The van der Waals surface area contributed by atoms with Crippen LogP contribution in [0, 0.1) is 13.8 Å². The lowest BCUT2D eigenvalue weighted by Gasteiger charge is -2.21. The van der Waals surface area contributed by atoms with Crippen molar-refractivity contribution in [3.63, 3.8) is 0 Å². The number of hydrogen-bond donors (Lipinski definition) is 1. The molecule has 0 radical (unpaired) electrons. The molecule has 0 bridgehead atoms. The van der Waals surface area contributed by atoms with E-state index in [1.807, 2.05) is 11.3 Å². The van der Waals surface area contributed by atoms with Crippen LogP contribution in [-0.4, -0.2) is 0 Å². The Morgan fingerprint density at radius 2 is 1.70 bits per heavy atom. The largest absolute Gasteiger partial charge is 0.304 e. The minimum absolute atomic E-state index is 0.371. The van der Waals surface area contributed by atoms with E-state index in [-0.39, 0.29) is 0 Å². The Labute approximate surface area is 127 Å². The average molecular weight is 287 g/mol. The third-order valence-corrected chi connectivity index (χ3v) is 4.92. The molecule has 1 heterocycles. The fourth-order valence-electron chi connectivity index (χ4n) is 2.68. The van der Waals surface area contributed by atoms with Crippen LogP contribution in [0.4, 0.5) is 0 Å². The minimum atomic E-state index is 0.371. The molecule has 0 aliphatic rings. The summed E-state index contributed by atoms with van der Waals surface area (Å²) in [7, 11) is 0. The van der Waals surface area contributed by atoms with Gasteiger partial charge in [-0.3, -0.25) is 0 Å². The number of benzene rings is 1. The summed E-state index contributed by atoms with van der Waals surface area (Å²) in [5, 5.41) is 3.71. The number of nitrogens with one attached hydrogen (secondary N) is 1. The van der Waals surface area contributed by atoms with Crippen molar-refractivity contribution in [2.24, 2.45) is 0 Å². The molecule has 1 N–H and O–H groups in total. The smallest absolute Gasteiger partial charge is 0.0308 e. The Morgan fingerprint density at radius 3 is 2.20 bits per heavy atom. The van der Waals surface area contributed by atoms with Gasteiger partial charge in [0.2, 0.25) is 0 Å². The lowest BCUT2D eigenvalue weighted by Crippen LogP contribution is -2.22. The van der Waals surface area contributed by atoms with Crippen LogP contribution >= 0.6 is 11.3 Å². The van der Waals surface area contributed by atoms with E-state index in [0.717, 1.165) is 6.42 Å². The Kier molecular flexibility index (Phi) is 5.00. The first-order valence-electron chi connectivity index (χ1n) is 7.43. The Morgan fingerprint density at radius 1 is 1.05 bits per heavy atom. The van der Waals surface area contributed by atoms with Gasteiger partial charge in [-0.05, 0) is 56.9 Å². The Hall–Kier alpha value is -1.12. The molecular weight excluding hydrogens is 262 g/mol. The maximum Gasteiger partial charge on any atom is 0.0308 e. The highest BCUT2D eigenvalue weighted by molar-refractivity contribution is 7.12. The van der Waals surface area contributed by atoms with Crippen molar-refractivity contribution in [3.05, 3.63) is 56.8 Å². The molecule has 108 valence electrons. The molecule has 2 rings (SSSR count). The van der Waals surface area contributed by atoms with Crippen LogP contribution in [0.2, 0.25) is 0 Å². The summed E-state index contributed by atoms with van der Waals surface area (Å²) in [6, 6.07) is 12.0. The summed E-state index contributed by atoms with van der Waals surface area (Å²) >= 11 is 1.89. The van der Waals surface area contributed by atoms with Gasteiger partial charge < -0.3 is 5.32 Å². The van der Waals surface area contributed by atoms with Gasteiger partial charge in [-0.2, -0.15) is 0 Å². The zero-order valence-corrected chi connectivity index (χ0v) is 14.0. The second kappa shape index (κ2) is 6.55. The van der Waals surface area contributed by atoms with Gasteiger partial charge in [0.15, 0.2) is 0 Å². The van der Waals surface area contributed by atoms with E-state index < -0.39 is 0 Å². The van der Waals surface area contributed by atoms with Crippen molar-refractivity contribution in [2.45, 2.75) is 53.1 Å². The van der Waals surface area contributed by atoms with Gasteiger partial charge in [0.25, 0.3) is 0 Å². The van der Waals surface area contributed by atoms with Crippen LogP contribution in [0.15, 0.2) is 30.3 Å². The molecule has 2 unspecified atom stereocenters. The highest BCUT2D eigenvalue weighted by Gasteiger charge is 2.14. The molecular formula is C18H25NS. The van der Waals surface area contributed by atoms with Gasteiger partial charge in [-0.15, -0.1) is 11.3 Å². The summed E-state index contributed by atoms with van der Waals surface area (Å²) in [6.45, 7) is 11.1. The highest BCUT2D eigenvalue weighted by atomic mass is 32.1. The molecule has 20 heavy (non-hydrogen) atoms. The molecule has 0 saturated heterocycles. The SMILES string of the molecule is CCc1ccc(C(C)NC(C)c2cc(C)sc2C)cc1. The normalized spacial score (nSPS) is 14.2. The highest BCUT2D eigenvalue weighted by Crippen LogP contribution is 2.28. The monoisotopic (exact) mass is 287 g/mol. The van der Waals surface area contributed by atoms with Crippen molar-refractivity contribution < 1.29 is 0 Å². The zero-order valence-electron chi connectivity index (χ0n) is 13.2. The van der Waals surface area contributed by atoms with Gasteiger partial charge >= 0.3 is 0 Å². The molecule has 2 heteroatoms. The maximum absolute atomic E-state index is 3.71. The summed E-state index contributed by atoms with van der Waals surface area (Å²) in [4.78, 5) is 2.82. The quantitative estimate of drug-likeness (QED) is 0.782. The van der Waals surface area contributed by atoms with E-state index in [2.05, 4.69) is 70.3 Å². The fraction of sp³-hybridized carbons (Fsp3) is 0.444. The van der Waals surface area contributed by atoms with Crippen LogP contribution in [0.25, 0.3) is 0 Å². The van der Waals surface area contributed by atoms with Crippen LogP contribution in [0.5, 0.6) is 0 Å². The van der Waals surface area contributed by atoms with E-state index in [0.29, 0.717) is 12.1 Å². The summed E-state index contributed by atoms with van der Waals surface area (Å²) in [6.07, 6.45) is 1.10. The molecule has 0 amide bonds. The molecule has 2 aromatic rings. The standard InChI is InChI=1S/C18H25NS/c1-6-16-7-9-17(10-8-16)13(3)19-14(4)18-11-12(2)20-15(18)5/h7-11,13-14,19H,6H2,1-5H3. The molecule has 1 nitrogen and oxygen atoms in total. The van der Waals surface area contributed by atoms with Crippen molar-refractivity contribution in [1.29, 1.82) is 0 Å². The predicted octanol–water partition coefficient (Wildman–Crippen LogP) is 5.34. The van der Waals surface area contributed by atoms with Gasteiger partial charge in [-0.25, -0.2) is 0 Å². The van der Waals surface area contributed by atoms with E-state index >= 15 is 0 Å². The Balaban J connectivity index is 2.06. The first-order chi connectivity index (χ1) is 9.51. The molecule has 0 aliphatic heterocycles. The lowest BCUT2D eigenvalue weighted by atomic mass is 10.0. The third kappa shape index (κ3) is 3.50. The first-order valence-corrected chi connectivity index (χ1v) is 8.24.